The maximum atomic E-state index is 12.5. The molecule has 0 bridgehead atoms. The normalized spacial score (nSPS) is 17.0. The summed E-state index contributed by atoms with van der Waals surface area (Å²) in [7, 11) is -6.14. The SMILES string of the molecule is CC(C)(C)[Si](C)(C)OCC=S(N)(=O)CCO[Si](C)(C)C(C)(C)C. The Bertz CT molecular complexity index is 496. The van der Waals surface area contributed by atoms with E-state index in [4.69, 9.17) is 14.0 Å². The molecule has 0 fully saturated rings. The summed E-state index contributed by atoms with van der Waals surface area (Å²) in [6.07, 6.45) is 0. The third-order valence-electron chi connectivity index (χ3n) is 5.27. The molecule has 140 valence electrons. The molecule has 0 aromatic rings. The quantitative estimate of drug-likeness (QED) is 0.536. The monoisotopic (exact) mass is 381 g/mol. The van der Waals surface area contributed by atoms with Crippen LogP contribution in [0.5, 0.6) is 0 Å². The van der Waals surface area contributed by atoms with E-state index in [0.717, 1.165) is 0 Å². The van der Waals surface area contributed by atoms with Crippen LogP contribution in [0, 0.1) is 0 Å². The fourth-order valence-corrected chi connectivity index (χ4v) is 4.36. The Labute approximate surface area is 146 Å². The van der Waals surface area contributed by atoms with E-state index in [1.807, 2.05) is 0 Å². The van der Waals surface area contributed by atoms with Gasteiger partial charge in [-0.25, -0.2) is 0 Å². The van der Waals surface area contributed by atoms with Crippen molar-refractivity contribution in [2.75, 3.05) is 19.0 Å². The van der Waals surface area contributed by atoms with Crippen molar-refractivity contribution in [2.45, 2.75) is 77.8 Å². The Morgan fingerprint density at radius 2 is 1.30 bits per heavy atom. The summed E-state index contributed by atoms with van der Waals surface area (Å²) in [5.74, 6) is 0.361. The lowest BCUT2D eigenvalue weighted by molar-refractivity contribution is 0.310. The zero-order chi connectivity index (χ0) is 18.7. The first kappa shape index (κ1) is 23.3. The van der Waals surface area contributed by atoms with Gasteiger partial charge in [0.15, 0.2) is 16.6 Å². The minimum Gasteiger partial charge on any atom is -0.416 e. The molecule has 0 aliphatic carbocycles. The van der Waals surface area contributed by atoms with Crippen LogP contribution in [-0.2, 0) is 18.6 Å². The molecular formula is C16H39NO3SSi2. The molecule has 1 atom stereocenters. The summed E-state index contributed by atoms with van der Waals surface area (Å²) < 4.78 is 24.5. The Kier molecular flexibility index (Phi) is 7.81. The van der Waals surface area contributed by atoms with Crippen molar-refractivity contribution in [1.29, 1.82) is 0 Å². The minimum absolute atomic E-state index is 0.141. The molecule has 2 N–H and O–H groups in total. The van der Waals surface area contributed by atoms with Crippen LogP contribution in [-0.4, -0.2) is 45.2 Å². The van der Waals surface area contributed by atoms with E-state index in [2.05, 4.69) is 67.7 Å². The topological polar surface area (TPSA) is 61.5 Å². The highest BCUT2D eigenvalue weighted by molar-refractivity contribution is 7.99. The van der Waals surface area contributed by atoms with E-state index in [0.29, 0.717) is 19.0 Å². The zero-order valence-electron chi connectivity index (χ0n) is 16.9. The van der Waals surface area contributed by atoms with E-state index >= 15 is 0 Å². The second kappa shape index (κ2) is 7.70. The summed E-state index contributed by atoms with van der Waals surface area (Å²) in [4.78, 5) is 0. The van der Waals surface area contributed by atoms with Crippen molar-refractivity contribution in [1.82, 2.24) is 0 Å². The highest BCUT2D eigenvalue weighted by atomic mass is 32.2. The van der Waals surface area contributed by atoms with Gasteiger partial charge < -0.3 is 8.85 Å². The lowest BCUT2D eigenvalue weighted by Gasteiger charge is -2.36. The Morgan fingerprint density at radius 3 is 1.70 bits per heavy atom. The van der Waals surface area contributed by atoms with Crippen molar-refractivity contribution in [3.05, 3.63) is 0 Å². The first-order chi connectivity index (χ1) is 9.91. The lowest BCUT2D eigenvalue weighted by atomic mass is 10.2. The predicted octanol–water partition coefficient (Wildman–Crippen LogP) is 3.99. The van der Waals surface area contributed by atoms with Crippen LogP contribution in [0.15, 0.2) is 0 Å². The third kappa shape index (κ3) is 7.83. The number of hydrogen-bond acceptors (Lipinski definition) is 3. The van der Waals surface area contributed by atoms with E-state index in [9.17, 15) is 4.21 Å². The molecule has 7 heteroatoms. The molecule has 0 rings (SSSR count). The minimum atomic E-state index is -2.50. The Hall–Kier alpha value is 0.334. The number of hydrogen-bond donors (Lipinski definition) is 1. The highest BCUT2D eigenvalue weighted by Crippen LogP contribution is 2.37. The van der Waals surface area contributed by atoms with E-state index in [1.54, 1.807) is 5.37 Å². The first-order valence-corrected chi connectivity index (χ1v) is 16.0. The van der Waals surface area contributed by atoms with Crippen molar-refractivity contribution in [2.24, 2.45) is 5.14 Å². The highest BCUT2D eigenvalue weighted by Gasteiger charge is 2.37. The molecule has 4 nitrogen and oxygen atoms in total. The fraction of sp³-hybridized carbons (Fsp3) is 0.938. The van der Waals surface area contributed by atoms with E-state index in [1.165, 1.54) is 0 Å². The molecular weight excluding hydrogens is 342 g/mol. The van der Waals surface area contributed by atoms with Gasteiger partial charge in [0.1, 0.15) is 0 Å². The Balaban J connectivity index is 4.59. The van der Waals surface area contributed by atoms with Gasteiger partial charge in [0.2, 0.25) is 0 Å². The maximum Gasteiger partial charge on any atom is 0.192 e. The van der Waals surface area contributed by atoms with Gasteiger partial charge in [0.05, 0.1) is 12.4 Å². The lowest BCUT2D eigenvalue weighted by Crippen LogP contribution is -2.43. The molecule has 0 heterocycles. The van der Waals surface area contributed by atoms with Crippen LogP contribution in [0.3, 0.4) is 0 Å². The molecule has 0 aromatic heterocycles. The summed E-state index contributed by atoms with van der Waals surface area (Å²) in [5, 5.41) is 7.87. The second-order valence-corrected chi connectivity index (χ2v) is 21.3. The first-order valence-electron chi connectivity index (χ1n) is 8.32. The van der Waals surface area contributed by atoms with Crippen LogP contribution < -0.4 is 5.14 Å². The van der Waals surface area contributed by atoms with Gasteiger partial charge in [-0.1, -0.05) is 41.5 Å². The smallest absolute Gasteiger partial charge is 0.192 e. The van der Waals surface area contributed by atoms with Crippen LogP contribution in [0.1, 0.15) is 41.5 Å². The van der Waals surface area contributed by atoms with Gasteiger partial charge in [0.25, 0.3) is 0 Å². The van der Waals surface area contributed by atoms with Gasteiger partial charge in [-0.3, -0.25) is 9.35 Å². The summed E-state index contributed by atoms with van der Waals surface area (Å²) in [6.45, 7) is 22.7. The van der Waals surface area contributed by atoms with Crippen molar-refractivity contribution >= 4 is 31.7 Å². The molecule has 0 saturated heterocycles. The summed E-state index contributed by atoms with van der Waals surface area (Å²) in [6, 6.07) is 0. The van der Waals surface area contributed by atoms with Crippen molar-refractivity contribution < 1.29 is 13.1 Å². The van der Waals surface area contributed by atoms with E-state index in [-0.39, 0.29) is 10.1 Å². The Morgan fingerprint density at radius 1 is 0.913 bits per heavy atom. The third-order valence-corrected chi connectivity index (χ3v) is 15.8. The van der Waals surface area contributed by atoms with Gasteiger partial charge in [-0.15, -0.1) is 0 Å². The van der Waals surface area contributed by atoms with Gasteiger partial charge in [0, 0.05) is 21.7 Å². The summed E-state index contributed by atoms with van der Waals surface area (Å²) in [5.41, 5.74) is 0. The molecule has 1 unspecified atom stereocenters. The zero-order valence-corrected chi connectivity index (χ0v) is 19.7. The molecule has 0 aliphatic heterocycles. The van der Waals surface area contributed by atoms with Crippen LogP contribution in [0.2, 0.25) is 36.3 Å². The molecule has 23 heavy (non-hydrogen) atoms. The molecule has 0 radical (unpaired) electrons. The van der Waals surface area contributed by atoms with Crippen LogP contribution in [0.4, 0.5) is 0 Å². The van der Waals surface area contributed by atoms with Crippen molar-refractivity contribution in [3.63, 3.8) is 0 Å². The van der Waals surface area contributed by atoms with Gasteiger partial charge >= 0.3 is 0 Å². The standard InChI is InChI=1S/C16H39NO3SSi2/c1-15(2,3)22(7,8)19-11-13-21(17,18)14-12-20-23(9,10)16(4,5)6/h13H,11-12,14H2,1-10H3,(H2,17,18). The average Bonchev–Trinajstić information content (AvgIpc) is 2.24. The van der Waals surface area contributed by atoms with Crippen molar-refractivity contribution in [3.8, 4) is 0 Å². The largest absolute Gasteiger partial charge is 0.416 e. The fourth-order valence-electron chi connectivity index (χ4n) is 1.30. The predicted molar refractivity (Wildman–Crippen MR) is 110 cm³/mol. The van der Waals surface area contributed by atoms with E-state index < -0.39 is 26.3 Å². The van der Waals surface area contributed by atoms with Crippen LogP contribution >= 0.6 is 0 Å². The average molecular weight is 382 g/mol. The molecule has 0 spiro atoms. The molecule has 0 amide bonds. The van der Waals surface area contributed by atoms with Gasteiger partial charge in [-0.2, -0.15) is 0 Å². The van der Waals surface area contributed by atoms with Crippen LogP contribution in [0.25, 0.3) is 0 Å². The van der Waals surface area contributed by atoms with Gasteiger partial charge in [-0.05, 0) is 36.3 Å². The second-order valence-electron chi connectivity index (χ2n) is 9.33. The molecule has 0 aliphatic rings. The number of rotatable bonds is 7. The summed E-state index contributed by atoms with van der Waals surface area (Å²) >= 11 is 0. The molecule has 0 saturated carbocycles. The number of nitrogens with two attached hydrogens (primary N) is 1. The molecule has 0 aromatic carbocycles. The maximum absolute atomic E-state index is 12.5.